The van der Waals surface area contributed by atoms with Gasteiger partial charge in [-0.15, -0.1) is 0 Å². The minimum Gasteiger partial charge on any atom is -0.493 e. The Morgan fingerprint density at radius 2 is 1.83 bits per heavy atom. The molecule has 0 saturated carbocycles. The van der Waals surface area contributed by atoms with E-state index in [1.54, 1.807) is 6.26 Å². The van der Waals surface area contributed by atoms with Crippen LogP contribution < -0.4 is 10.1 Å². The Kier molecular flexibility index (Phi) is 9.45. The fourth-order valence-corrected chi connectivity index (χ4v) is 3.69. The van der Waals surface area contributed by atoms with E-state index in [2.05, 4.69) is 40.2 Å². The minimum absolute atomic E-state index is 0.273. The van der Waals surface area contributed by atoms with E-state index >= 15 is 0 Å². The van der Waals surface area contributed by atoms with Gasteiger partial charge in [-0.25, -0.2) is 0 Å². The average Bonchev–Trinajstić information content (AvgIpc) is 3.25. The van der Waals surface area contributed by atoms with E-state index in [1.165, 1.54) is 12.0 Å². The molecule has 0 amide bonds. The molecule has 1 unspecified atom stereocenters. The van der Waals surface area contributed by atoms with E-state index in [1.807, 2.05) is 18.2 Å². The van der Waals surface area contributed by atoms with Crippen molar-refractivity contribution in [2.75, 3.05) is 19.8 Å². The zero-order valence-electron chi connectivity index (χ0n) is 17.1. The van der Waals surface area contributed by atoms with Crippen LogP contribution in [0, 0.1) is 0 Å². The van der Waals surface area contributed by atoms with E-state index in [-0.39, 0.29) is 6.61 Å². The number of nitrogens with one attached hydrogen (secondary N) is 1. The van der Waals surface area contributed by atoms with Crippen LogP contribution in [0.4, 0.5) is 0 Å². The predicted octanol–water partition coefficient (Wildman–Crippen LogP) is 5.10. The summed E-state index contributed by atoms with van der Waals surface area (Å²) < 4.78 is 26.9. The lowest BCUT2D eigenvalue weighted by Crippen LogP contribution is -2.16. The van der Waals surface area contributed by atoms with Crippen molar-refractivity contribution in [2.45, 2.75) is 38.6 Å². The van der Waals surface area contributed by atoms with Gasteiger partial charge in [0, 0.05) is 12.1 Å². The molecule has 1 atom stereocenters. The number of ether oxygens (including phenoxy) is 1. The third-order valence-corrected chi connectivity index (χ3v) is 5.36. The SMILES string of the molecule is O=[PH](O)OCCCNCc1ccc(OCCCCCc2ccccc2)c2ccoc12. The summed E-state index contributed by atoms with van der Waals surface area (Å²) in [6.07, 6.45) is 6.80. The molecule has 0 aliphatic carbocycles. The van der Waals surface area contributed by atoms with Gasteiger partial charge >= 0.3 is 8.25 Å². The number of rotatable bonds is 14. The molecule has 1 heterocycles. The summed E-state index contributed by atoms with van der Waals surface area (Å²) >= 11 is 0. The number of unbranched alkanes of at least 4 members (excludes halogenated alkanes) is 2. The predicted molar refractivity (Wildman–Crippen MR) is 119 cm³/mol. The summed E-state index contributed by atoms with van der Waals surface area (Å²) in [6, 6.07) is 16.5. The molecule has 0 radical (unpaired) electrons. The van der Waals surface area contributed by atoms with Crippen molar-refractivity contribution in [1.82, 2.24) is 5.32 Å². The van der Waals surface area contributed by atoms with Gasteiger partial charge in [0.1, 0.15) is 11.3 Å². The number of furan rings is 1. The number of benzene rings is 2. The Morgan fingerprint density at radius 1 is 0.967 bits per heavy atom. The molecule has 7 heteroatoms. The summed E-state index contributed by atoms with van der Waals surface area (Å²) in [7, 11) is -2.83. The second-order valence-corrected chi connectivity index (χ2v) is 8.00. The van der Waals surface area contributed by atoms with Crippen molar-refractivity contribution < 1.29 is 23.1 Å². The molecule has 30 heavy (non-hydrogen) atoms. The summed E-state index contributed by atoms with van der Waals surface area (Å²) in [5, 5.41) is 4.29. The van der Waals surface area contributed by atoms with Crippen molar-refractivity contribution in [2.24, 2.45) is 0 Å². The maximum Gasteiger partial charge on any atom is 0.316 e. The van der Waals surface area contributed by atoms with Gasteiger partial charge in [0.15, 0.2) is 0 Å². The maximum absolute atomic E-state index is 10.5. The van der Waals surface area contributed by atoms with Crippen LogP contribution in [0.5, 0.6) is 5.75 Å². The van der Waals surface area contributed by atoms with Crippen molar-refractivity contribution in [3.63, 3.8) is 0 Å². The molecular formula is C23H30NO5P. The topological polar surface area (TPSA) is 80.9 Å². The normalized spacial score (nSPS) is 12.3. The van der Waals surface area contributed by atoms with Gasteiger partial charge in [-0.05, 0) is 56.3 Å². The highest BCUT2D eigenvalue weighted by molar-refractivity contribution is 7.32. The van der Waals surface area contributed by atoms with Gasteiger partial charge in [0.05, 0.1) is 24.9 Å². The average molecular weight is 431 g/mol. The van der Waals surface area contributed by atoms with Gasteiger partial charge < -0.3 is 23.9 Å². The molecule has 0 spiro atoms. The zero-order chi connectivity index (χ0) is 21.0. The molecule has 0 saturated heterocycles. The molecule has 1 aromatic heterocycles. The summed E-state index contributed by atoms with van der Waals surface area (Å²) in [6.45, 7) is 2.31. The highest BCUT2D eigenvalue weighted by Gasteiger charge is 2.10. The maximum atomic E-state index is 10.5. The van der Waals surface area contributed by atoms with E-state index in [4.69, 9.17) is 14.0 Å². The van der Waals surface area contributed by atoms with Gasteiger partial charge in [0.25, 0.3) is 0 Å². The Labute approximate surface area is 178 Å². The first-order valence-corrected chi connectivity index (χ1v) is 11.7. The van der Waals surface area contributed by atoms with Crippen LogP contribution in [-0.2, 0) is 22.1 Å². The smallest absolute Gasteiger partial charge is 0.316 e. The first-order valence-electron chi connectivity index (χ1n) is 10.5. The highest BCUT2D eigenvalue weighted by atomic mass is 31.1. The van der Waals surface area contributed by atoms with Crippen molar-refractivity contribution in [3.8, 4) is 5.75 Å². The minimum atomic E-state index is -2.83. The fourth-order valence-electron chi connectivity index (χ4n) is 3.37. The lowest BCUT2D eigenvalue weighted by atomic mass is 10.1. The highest BCUT2D eigenvalue weighted by Crippen LogP contribution is 2.30. The summed E-state index contributed by atoms with van der Waals surface area (Å²) in [5.74, 6) is 0.854. The molecule has 0 bridgehead atoms. The molecule has 0 aliphatic heterocycles. The lowest BCUT2D eigenvalue weighted by molar-refractivity contribution is 0.276. The molecule has 2 aromatic carbocycles. The lowest BCUT2D eigenvalue weighted by Gasteiger charge is -2.10. The standard InChI is InChI=1S/C23H30NO5P/c25-30(26)29-16-7-14-24-18-20-11-12-22(21-13-17-28-23(20)21)27-15-6-2-5-10-19-8-3-1-4-9-19/h1,3-4,8-9,11-13,17,24,30H,2,5-7,10,14-16,18H2,(H,25,26). The van der Waals surface area contributed by atoms with Crippen molar-refractivity contribution in [3.05, 3.63) is 65.9 Å². The molecule has 3 rings (SSSR count). The molecular weight excluding hydrogens is 401 g/mol. The second kappa shape index (κ2) is 12.6. The Morgan fingerprint density at radius 3 is 2.67 bits per heavy atom. The van der Waals surface area contributed by atoms with Crippen LogP contribution in [-0.4, -0.2) is 24.7 Å². The van der Waals surface area contributed by atoms with E-state index in [0.29, 0.717) is 26.1 Å². The largest absolute Gasteiger partial charge is 0.493 e. The van der Waals surface area contributed by atoms with E-state index in [9.17, 15) is 4.57 Å². The third kappa shape index (κ3) is 7.29. The Hall–Kier alpha value is -2.11. The number of aryl methyl sites for hydroxylation is 1. The van der Waals surface area contributed by atoms with Gasteiger partial charge in [-0.1, -0.05) is 36.4 Å². The number of hydrogen-bond donors (Lipinski definition) is 2. The molecule has 3 aromatic rings. The van der Waals surface area contributed by atoms with Crippen LogP contribution >= 0.6 is 8.25 Å². The monoisotopic (exact) mass is 431 g/mol. The van der Waals surface area contributed by atoms with Crippen molar-refractivity contribution in [1.29, 1.82) is 0 Å². The van der Waals surface area contributed by atoms with Gasteiger partial charge in [-0.3, -0.25) is 4.57 Å². The van der Waals surface area contributed by atoms with Gasteiger partial charge in [0.2, 0.25) is 0 Å². The Balaban J connectivity index is 1.39. The molecule has 2 N–H and O–H groups in total. The molecule has 0 fully saturated rings. The second-order valence-electron chi connectivity index (χ2n) is 7.18. The number of hydrogen-bond acceptors (Lipinski definition) is 5. The van der Waals surface area contributed by atoms with Crippen molar-refractivity contribution >= 4 is 19.2 Å². The number of fused-ring (bicyclic) bond motifs is 1. The fraction of sp³-hybridized carbons (Fsp3) is 0.391. The quantitative estimate of drug-likeness (QED) is 0.273. The van der Waals surface area contributed by atoms with E-state index in [0.717, 1.165) is 41.5 Å². The van der Waals surface area contributed by atoms with Crippen LogP contribution in [0.1, 0.15) is 36.8 Å². The zero-order valence-corrected chi connectivity index (χ0v) is 18.1. The van der Waals surface area contributed by atoms with Crippen LogP contribution in [0.25, 0.3) is 11.0 Å². The summed E-state index contributed by atoms with van der Waals surface area (Å²) in [4.78, 5) is 8.64. The van der Waals surface area contributed by atoms with Crippen LogP contribution in [0.15, 0.2) is 59.2 Å². The van der Waals surface area contributed by atoms with Gasteiger partial charge in [-0.2, -0.15) is 0 Å². The van der Waals surface area contributed by atoms with Crippen LogP contribution in [0.3, 0.4) is 0 Å². The first-order chi connectivity index (χ1) is 14.7. The van der Waals surface area contributed by atoms with E-state index < -0.39 is 8.25 Å². The summed E-state index contributed by atoms with van der Waals surface area (Å²) in [5.41, 5.74) is 3.28. The molecule has 162 valence electrons. The molecule has 6 nitrogen and oxygen atoms in total. The van der Waals surface area contributed by atoms with Crippen LogP contribution in [0.2, 0.25) is 0 Å². The third-order valence-electron chi connectivity index (χ3n) is 4.91. The Bertz CT molecular complexity index is 912. The first kappa shape index (κ1) is 22.6. The molecule has 0 aliphatic rings.